The molecule has 1 aliphatic rings. The highest BCUT2D eigenvalue weighted by Gasteiger charge is 2.19. The van der Waals surface area contributed by atoms with Crippen LogP contribution in [-0.4, -0.2) is 33.9 Å². The van der Waals surface area contributed by atoms with Gasteiger partial charge < -0.3 is 15.0 Å². The van der Waals surface area contributed by atoms with Crippen LogP contribution in [0.15, 0.2) is 67.0 Å². The fourth-order valence-corrected chi connectivity index (χ4v) is 3.39. The molecule has 1 saturated heterocycles. The maximum atomic E-state index is 12.8. The quantitative estimate of drug-likeness (QED) is 0.664. The molecule has 1 amide bonds. The summed E-state index contributed by atoms with van der Waals surface area (Å²) < 4.78 is 5.99. The minimum absolute atomic E-state index is 0.0360. The van der Waals surface area contributed by atoms with Crippen LogP contribution < -0.4 is 10.1 Å². The molecule has 6 nitrogen and oxygen atoms in total. The summed E-state index contributed by atoms with van der Waals surface area (Å²) in [5, 5.41) is 3.26. The van der Waals surface area contributed by atoms with Gasteiger partial charge in [0.25, 0.3) is 5.91 Å². The highest BCUT2D eigenvalue weighted by atomic mass is 16.5. The summed E-state index contributed by atoms with van der Waals surface area (Å²) in [7, 11) is 0. The molecule has 6 heteroatoms. The standard InChI is InChI=1S/C23H24N4O2/c28-23(27-14-8-1-2-9-15-27)20-16-22(25-17-24-20)26-19-12-6-7-13-21(19)29-18-10-4-3-5-11-18/h3-7,10-13,16-17H,1-2,8-9,14-15H2,(H,24,25,26). The molecule has 0 radical (unpaired) electrons. The first kappa shape index (κ1) is 18.9. The maximum absolute atomic E-state index is 12.8. The summed E-state index contributed by atoms with van der Waals surface area (Å²) in [6.07, 6.45) is 5.88. The first-order valence-electron chi connectivity index (χ1n) is 10.00. The molecule has 0 bridgehead atoms. The number of benzene rings is 2. The Labute approximate surface area is 170 Å². The van der Waals surface area contributed by atoms with Crippen molar-refractivity contribution in [2.24, 2.45) is 0 Å². The highest BCUT2D eigenvalue weighted by molar-refractivity contribution is 5.93. The SMILES string of the molecule is O=C(c1cc(Nc2ccccc2Oc2ccccc2)ncn1)N1CCCCCC1. The molecule has 0 atom stereocenters. The lowest BCUT2D eigenvalue weighted by atomic mass is 10.2. The van der Waals surface area contributed by atoms with E-state index in [-0.39, 0.29) is 5.91 Å². The number of anilines is 2. The zero-order chi connectivity index (χ0) is 19.9. The van der Waals surface area contributed by atoms with E-state index in [1.165, 1.54) is 19.2 Å². The van der Waals surface area contributed by atoms with Gasteiger partial charge in [0.15, 0.2) is 5.75 Å². The summed E-state index contributed by atoms with van der Waals surface area (Å²) in [5.41, 5.74) is 1.18. The molecule has 0 saturated carbocycles. The second-order valence-electron chi connectivity index (χ2n) is 7.03. The Kier molecular flexibility index (Phi) is 6.00. The van der Waals surface area contributed by atoms with Gasteiger partial charge in [0.05, 0.1) is 5.69 Å². The van der Waals surface area contributed by atoms with Crippen LogP contribution in [-0.2, 0) is 0 Å². The van der Waals surface area contributed by atoms with Gasteiger partial charge in [-0.3, -0.25) is 4.79 Å². The number of amides is 1. The number of para-hydroxylation sites is 3. The Hall–Kier alpha value is -3.41. The monoisotopic (exact) mass is 388 g/mol. The smallest absolute Gasteiger partial charge is 0.272 e. The van der Waals surface area contributed by atoms with Crippen molar-refractivity contribution in [1.29, 1.82) is 0 Å². The Morgan fingerprint density at radius 1 is 0.897 bits per heavy atom. The average molecular weight is 388 g/mol. The van der Waals surface area contributed by atoms with E-state index in [2.05, 4.69) is 15.3 Å². The number of nitrogens with zero attached hydrogens (tertiary/aromatic N) is 3. The molecule has 2 heterocycles. The number of nitrogens with one attached hydrogen (secondary N) is 1. The number of aromatic nitrogens is 2. The molecular formula is C23H24N4O2. The molecule has 3 aromatic rings. The van der Waals surface area contributed by atoms with Crippen molar-refractivity contribution in [3.63, 3.8) is 0 Å². The largest absolute Gasteiger partial charge is 0.455 e. The molecule has 1 aliphatic heterocycles. The third-order valence-electron chi connectivity index (χ3n) is 4.90. The Bertz CT molecular complexity index is 954. The van der Waals surface area contributed by atoms with E-state index in [1.54, 1.807) is 6.07 Å². The first-order valence-corrected chi connectivity index (χ1v) is 10.00. The summed E-state index contributed by atoms with van der Waals surface area (Å²) >= 11 is 0. The normalized spacial score (nSPS) is 14.1. The lowest BCUT2D eigenvalue weighted by Crippen LogP contribution is -2.32. The number of hydrogen-bond acceptors (Lipinski definition) is 5. The van der Waals surface area contributed by atoms with E-state index in [9.17, 15) is 4.79 Å². The minimum Gasteiger partial charge on any atom is -0.455 e. The molecule has 1 aromatic heterocycles. The fraction of sp³-hybridized carbons (Fsp3) is 0.261. The van der Waals surface area contributed by atoms with E-state index < -0.39 is 0 Å². The van der Waals surface area contributed by atoms with Crippen LogP contribution in [0.5, 0.6) is 11.5 Å². The molecule has 0 aliphatic carbocycles. The van der Waals surface area contributed by atoms with Crippen molar-refractivity contribution in [2.75, 3.05) is 18.4 Å². The number of rotatable bonds is 5. The van der Waals surface area contributed by atoms with E-state index in [4.69, 9.17) is 4.74 Å². The van der Waals surface area contributed by atoms with Crippen molar-refractivity contribution in [3.8, 4) is 11.5 Å². The van der Waals surface area contributed by atoms with Crippen LogP contribution >= 0.6 is 0 Å². The topological polar surface area (TPSA) is 67.3 Å². The zero-order valence-corrected chi connectivity index (χ0v) is 16.3. The number of hydrogen-bond donors (Lipinski definition) is 1. The van der Waals surface area contributed by atoms with Gasteiger partial charge in [-0.25, -0.2) is 9.97 Å². The van der Waals surface area contributed by atoms with Crippen molar-refractivity contribution >= 4 is 17.4 Å². The van der Waals surface area contributed by atoms with Gasteiger partial charge in [0.1, 0.15) is 23.6 Å². The summed E-state index contributed by atoms with van der Waals surface area (Å²) in [4.78, 5) is 23.2. The second kappa shape index (κ2) is 9.19. The van der Waals surface area contributed by atoms with Crippen molar-refractivity contribution in [2.45, 2.75) is 25.7 Å². The van der Waals surface area contributed by atoms with Gasteiger partial charge in [0, 0.05) is 19.2 Å². The van der Waals surface area contributed by atoms with Gasteiger partial charge in [-0.2, -0.15) is 0 Å². The van der Waals surface area contributed by atoms with Crippen LogP contribution in [0.2, 0.25) is 0 Å². The van der Waals surface area contributed by atoms with Crippen LogP contribution in [0, 0.1) is 0 Å². The lowest BCUT2D eigenvalue weighted by molar-refractivity contribution is 0.0755. The predicted molar refractivity (Wildman–Crippen MR) is 113 cm³/mol. The van der Waals surface area contributed by atoms with Crippen LogP contribution in [0.1, 0.15) is 36.2 Å². The Morgan fingerprint density at radius 2 is 1.62 bits per heavy atom. The van der Waals surface area contributed by atoms with E-state index in [0.29, 0.717) is 17.3 Å². The van der Waals surface area contributed by atoms with Gasteiger partial charge in [-0.15, -0.1) is 0 Å². The summed E-state index contributed by atoms with van der Waals surface area (Å²) in [6.45, 7) is 1.58. The average Bonchev–Trinajstić information content (AvgIpc) is 3.05. The molecule has 0 unspecified atom stereocenters. The number of likely N-dealkylation sites (tertiary alicyclic amines) is 1. The predicted octanol–water partition coefficient (Wildman–Crippen LogP) is 5.03. The Balaban J connectivity index is 1.52. The fourth-order valence-electron chi connectivity index (χ4n) is 3.39. The van der Waals surface area contributed by atoms with Gasteiger partial charge in [-0.05, 0) is 37.1 Å². The number of carbonyl (C=O) groups is 1. The molecule has 1 fully saturated rings. The van der Waals surface area contributed by atoms with Gasteiger partial charge >= 0.3 is 0 Å². The third kappa shape index (κ3) is 4.90. The molecule has 0 spiro atoms. The number of ether oxygens (including phenoxy) is 1. The maximum Gasteiger partial charge on any atom is 0.272 e. The molecule has 2 aromatic carbocycles. The summed E-state index contributed by atoms with van der Waals surface area (Å²) in [5.74, 6) is 1.95. The summed E-state index contributed by atoms with van der Waals surface area (Å²) in [6, 6.07) is 18.9. The van der Waals surface area contributed by atoms with Crippen molar-refractivity contribution in [1.82, 2.24) is 14.9 Å². The van der Waals surface area contributed by atoms with E-state index in [0.717, 1.165) is 37.4 Å². The third-order valence-corrected chi connectivity index (χ3v) is 4.90. The zero-order valence-electron chi connectivity index (χ0n) is 16.3. The first-order chi connectivity index (χ1) is 14.3. The molecule has 1 N–H and O–H groups in total. The number of carbonyl (C=O) groups excluding carboxylic acids is 1. The van der Waals surface area contributed by atoms with Crippen LogP contribution in [0.25, 0.3) is 0 Å². The van der Waals surface area contributed by atoms with E-state index >= 15 is 0 Å². The highest BCUT2D eigenvalue weighted by Crippen LogP contribution is 2.31. The minimum atomic E-state index is -0.0360. The van der Waals surface area contributed by atoms with Gasteiger partial charge in [-0.1, -0.05) is 43.2 Å². The van der Waals surface area contributed by atoms with Crippen molar-refractivity contribution < 1.29 is 9.53 Å². The van der Waals surface area contributed by atoms with Crippen molar-refractivity contribution in [3.05, 3.63) is 72.7 Å². The van der Waals surface area contributed by atoms with E-state index in [1.807, 2.05) is 59.5 Å². The second-order valence-corrected chi connectivity index (χ2v) is 7.03. The lowest BCUT2D eigenvalue weighted by Gasteiger charge is -2.20. The Morgan fingerprint density at radius 3 is 2.41 bits per heavy atom. The van der Waals surface area contributed by atoms with Crippen LogP contribution in [0.3, 0.4) is 0 Å². The van der Waals surface area contributed by atoms with Gasteiger partial charge in [0.2, 0.25) is 0 Å². The molecule has 4 rings (SSSR count). The molecule has 29 heavy (non-hydrogen) atoms. The van der Waals surface area contributed by atoms with Crippen LogP contribution in [0.4, 0.5) is 11.5 Å². The molecule has 148 valence electrons. The molecular weight excluding hydrogens is 364 g/mol.